The van der Waals surface area contributed by atoms with Gasteiger partial charge in [-0.25, -0.2) is 8.78 Å². The van der Waals surface area contributed by atoms with Crippen LogP contribution in [0.5, 0.6) is 11.5 Å². The van der Waals surface area contributed by atoms with Crippen LogP contribution in [0, 0.1) is 30.4 Å². The van der Waals surface area contributed by atoms with Gasteiger partial charge in [-0.05, 0) is 48.4 Å². The minimum atomic E-state index is -1.06. The van der Waals surface area contributed by atoms with Gasteiger partial charge in [0.05, 0.1) is 12.2 Å². The first-order valence-corrected chi connectivity index (χ1v) is 11.7. The van der Waals surface area contributed by atoms with E-state index in [0.29, 0.717) is 5.56 Å². The van der Waals surface area contributed by atoms with Gasteiger partial charge in [0.25, 0.3) is 0 Å². The summed E-state index contributed by atoms with van der Waals surface area (Å²) in [6.45, 7) is 1.78. The first kappa shape index (κ1) is 25.5. The number of aromatic hydroxyl groups is 2. The van der Waals surface area contributed by atoms with Crippen LogP contribution >= 0.6 is 0 Å². The number of ketones is 2. The van der Waals surface area contributed by atoms with E-state index >= 15 is 0 Å². The van der Waals surface area contributed by atoms with Crippen LogP contribution in [-0.2, 0) is 0 Å². The normalized spacial score (nSPS) is 20.3. The maximum atomic E-state index is 14.8. The van der Waals surface area contributed by atoms with Crippen molar-refractivity contribution in [2.45, 2.75) is 12.8 Å². The van der Waals surface area contributed by atoms with Crippen molar-refractivity contribution in [3.8, 4) is 11.5 Å². The second kappa shape index (κ2) is 10.6. The number of hydrogen-bond acceptors (Lipinski definition) is 6. The quantitative estimate of drug-likeness (QED) is 0.428. The molecule has 0 radical (unpaired) electrons. The zero-order valence-corrected chi connectivity index (χ0v) is 19.7. The number of carbonyl (C=O) groups is 2. The molecule has 0 unspecified atom stereocenters. The van der Waals surface area contributed by atoms with Crippen LogP contribution in [0.1, 0.15) is 37.8 Å². The summed E-state index contributed by atoms with van der Waals surface area (Å²) in [5, 5.41) is 29.4. The molecule has 8 heteroatoms. The Morgan fingerprint density at radius 2 is 1.61 bits per heavy atom. The molecule has 1 saturated heterocycles. The number of phenolic OH excluding ortho intramolecular Hbond substituents is 2. The highest BCUT2D eigenvalue weighted by Gasteiger charge is 2.46. The Kier molecular flexibility index (Phi) is 7.47. The minimum absolute atomic E-state index is 0.0962. The molecular weight excluding hydrogens is 468 g/mol. The van der Waals surface area contributed by atoms with E-state index in [2.05, 4.69) is 0 Å². The van der Waals surface area contributed by atoms with E-state index in [9.17, 15) is 33.7 Å². The lowest BCUT2D eigenvalue weighted by Crippen LogP contribution is -2.51. The molecule has 3 atom stereocenters. The van der Waals surface area contributed by atoms with Crippen LogP contribution in [0.2, 0.25) is 0 Å². The van der Waals surface area contributed by atoms with Gasteiger partial charge in [0.1, 0.15) is 11.6 Å². The molecule has 1 aliphatic heterocycles. The number of likely N-dealkylation sites (tertiary alicyclic amines) is 1. The van der Waals surface area contributed by atoms with Crippen LogP contribution < -0.4 is 0 Å². The molecule has 36 heavy (non-hydrogen) atoms. The summed E-state index contributed by atoms with van der Waals surface area (Å²) < 4.78 is 29.5. The smallest absolute Gasteiger partial charge is 0.175 e. The Labute approximate surface area is 207 Å². The van der Waals surface area contributed by atoms with Crippen molar-refractivity contribution in [3.05, 3.63) is 94.6 Å². The fourth-order valence-corrected chi connectivity index (χ4v) is 5.16. The second-order valence-corrected chi connectivity index (χ2v) is 9.09. The van der Waals surface area contributed by atoms with E-state index < -0.39 is 40.9 Å². The summed E-state index contributed by atoms with van der Waals surface area (Å²) in [7, 11) is 0. The van der Waals surface area contributed by atoms with Gasteiger partial charge in [-0.3, -0.25) is 14.5 Å². The van der Waals surface area contributed by atoms with Crippen LogP contribution in [0.25, 0.3) is 0 Å². The van der Waals surface area contributed by atoms with E-state index in [1.54, 1.807) is 24.0 Å². The summed E-state index contributed by atoms with van der Waals surface area (Å²) in [6.07, 6.45) is 0. The van der Waals surface area contributed by atoms with E-state index in [4.69, 9.17) is 0 Å². The number of carbonyl (C=O) groups excluding carboxylic acids is 2. The molecule has 1 aliphatic rings. The maximum absolute atomic E-state index is 14.8. The molecule has 188 valence electrons. The molecule has 3 aromatic carbocycles. The van der Waals surface area contributed by atoms with E-state index in [0.717, 1.165) is 6.07 Å². The lowest BCUT2D eigenvalue weighted by molar-refractivity contribution is 0.0526. The monoisotopic (exact) mass is 495 g/mol. The number of aliphatic hydroxyl groups excluding tert-OH is 1. The molecule has 0 aromatic heterocycles. The highest BCUT2D eigenvalue weighted by atomic mass is 19.1. The zero-order chi connectivity index (χ0) is 26.0. The molecule has 0 bridgehead atoms. The van der Waals surface area contributed by atoms with Crippen LogP contribution in [-0.4, -0.2) is 58.0 Å². The lowest BCUT2D eigenvalue weighted by atomic mass is 9.67. The molecule has 6 nitrogen and oxygen atoms in total. The van der Waals surface area contributed by atoms with Gasteiger partial charge in [0, 0.05) is 43.0 Å². The average molecular weight is 496 g/mol. The first-order chi connectivity index (χ1) is 17.2. The third-order valence-corrected chi connectivity index (χ3v) is 6.91. The molecular formula is C28H27F2NO5. The van der Waals surface area contributed by atoms with Gasteiger partial charge >= 0.3 is 0 Å². The van der Waals surface area contributed by atoms with Gasteiger partial charge < -0.3 is 15.3 Å². The predicted molar refractivity (Wildman–Crippen MR) is 129 cm³/mol. The number of rotatable bonds is 7. The summed E-state index contributed by atoms with van der Waals surface area (Å²) >= 11 is 0. The Balaban J connectivity index is 1.89. The average Bonchev–Trinajstić information content (AvgIpc) is 2.86. The highest BCUT2D eigenvalue weighted by molar-refractivity contribution is 6.02. The standard InChI is InChI=1S/C28H27F2NO5/c1-16-19(7-3-9-23(16)29)25-21(27(35)17-5-2-6-18(33)13-17)14-31(11-12-32)15-22(25)28(36)20-8-4-10-24(34)26(20)30/h2-10,13,21-22,25,32-34H,11-12,14-15H2,1H3/t21-,22-,25-/m0/s1. The first-order valence-electron chi connectivity index (χ1n) is 11.7. The molecule has 3 N–H and O–H groups in total. The number of piperidine rings is 1. The molecule has 3 aromatic rings. The van der Waals surface area contributed by atoms with Crippen molar-refractivity contribution >= 4 is 11.6 Å². The summed E-state index contributed by atoms with van der Waals surface area (Å²) in [5.41, 5.74) is 0.630. The molecule has 0 amide bonds. The second-order valence-electron chi connectivity index (χ2n) is 9.09. The topological polar surface area (TPSA) is 98.1 Å². The number of hydrogen-bond donors (Lipinski definition) is 3. The fraction of sp³-hybridized carbons (Fsp3) is 0.286. The number of β-amino-alcohol motifs (C(OH)–C–C–N with tert-alkyl or cyclic N) is 1. The number of Topliss-reactive ketones (excluding diaryl/α,β-unsaturated/α-hetero) is 2. The van der Waals surface area contributed by atoms with Crippen molar-refractivity contribution in [1.82, 2.24) is 4.90 Å². The maximum Gasteiger partial charge on any atom is 0.175 e. The van der Waals surface area contributed by atoms with Crippen LogP contribution in [0.4, 0.5) is 8.78 Å². The summed E-state index contributed by atoms with van der Waals surface area (Å²) in [4.78, 5) is 29.3. The van der Waals surface area contributed by atoms with Gasteiger partial charge in [-0.1, -0.05) is 30.3 Å². The van der Waals surface area contributed by atoms with Crippen molar-refractivity contribution < 1.29 is 33.7 Å². The molecule has 0 aliphatic carbocycles. The third-order valence-electron chi connectivity index (χ3n) is 6.91. The Morgan fingerprint density at radius 1 is 0.944 bits per heavy atom. The summed E-state index contributed by atoms with van der Waals surface area (Å²) in [6, 6.07) is 14.1. The number of aliphatic hydroxyl groups is 1. The molecule has 0 saturated carbocycles. The predicted octanol–water partition coefficient (Wildman–Crippen LogP) is 4.07. The van der Waals surface area contributed by atoms with Gasteiger partial charge in [0.15, 0.2) is 23.1 Å². The third kappa shape index (κ3) is 4.87. The van der Waals surface area contributed by atoms with Crippen molar-refractivity contribution in [3.63, 3.8) is 0 Å². The molecule has 4 rings (SSSR count). The summed E-state index contributed by atoms with van der Waals surface area (Å²) in [5.74, 6) is -5.98. The fourth-order valence-electron chi connectivity index (χ4n) is 5.16. The van der Waals surface area contributed by atoms with Gasteiger partial charge in [-0.2, -0.15) is 0 Å². The highest BCUT2D eigenvalue weighted by Crippen LogP contribution is 2.43. The van der Waals surface area contributed by atoms with E-state index in [-0.39, 0.29) is 54.5 Å². The number of phenols is 2. The molecule has 1 fully saturated rings. The Morgan fingerprint density at radius 3 is 2.31 bits per heavy atom. The van der Waals surface area contributed by atoms with E-state index in [1.165, 1.54) is 42.5 Å². The zero-order valence-electron chi connectivity index (χ0n) is 19.7. The van der Waals surface area contributed by atoms with Crippen LogP contribution in [0.3, 0.4) is 0 Å². The van der Waals surface area contributed by atoms with Crippen molar-refractivity contribution in [1.29, 1.82) is 0 Å². The molecule has 1 heterocycles. The Bertz CT molecular complexity index is 1290. The molecule has 0 spiro atoms. The SMILES string of the molecule is Cc1c(F)cccc1[C@H]1[C@@H](C(=O)c2cccc(O)c2)CN(CCO)C[C@@H]1C(=O)c1cccc(O)c1F. The Hall–Kier alpha value is -3.62. The van der Waals surface area contributed by atoms with Crippen molar-refractivity contribution in [2.75, 3.05) is 26.2 Å². The number of nitrogens with zero attached hydrogens (tertiary/aromatic N) is 1. The lowest BCUT2D eigenvalue weighted by Gasteiger charge is -2.43. The number of halogens is 2. The largest absolute Gasteiger partial charge is 0.508 e. The van der Waals surface area contributed by atoms with Crippen LogP contribution in [0.15, 0.2) is 60.7 Å². The van der Waals surface area contributed by atoms with Gasteiger partial charge in [-0.15, -0.1) is 0 Å². The van der Waals surface area contributed by atoms with Gasteiger partial charge in [0.2, 0.25) is 0 Å². The minimum Gasteiger partial charge on any atom is -0.508 e. The van der Waals surface area contributed by atoms with E-state index in [1.807, 2.05) is 0 Å². The van der Waals surface area contributed by atoms with Crippen molar-refractivity contribution in [2.24, 2.45) is 11.8 Å². The number of benzene rings is 3.